The maximum absolute atomic E-state index is 12.9. The number of hydrogen-bond acceptors (Lipinski definition) is 3. The van der Waals surface area contributed by atoms with Gasteiger partial charge in [-0.25, -0.2) is 4.39 Å². The average molecular weight is 287 g/mol. The molecule has 110 valence electrons. The first-order valence-electron chi connectivity index (χ1n) is 6.96. The lowest BCUT2D eigenvalue weighted by atomic mass is 10.2. The molecule has 0 bridgehead atoms. The van der Waals surface area contributed by atoms with Gasteiger partial charge in [-0.05, 0) is 42.8 Å². The van der Waals surface area contributed by atoms with Gasteiger partial charge in [0.05, 0.1) is 0 Å². The molecule has 1 heterocycles. The van der Waals surface area contributed by atoms with E-state index >= 15 is 0 Å². The smallest absolute Gasteiger partial charge is 0.269 e. The fourth-order valence-corrected chi connectivity index (χ4v) is 1.80. The molecule has 2 aromatic rings. The Bertz CT molecular complexity index is 599. The quantitative estimate of drug-likeness (QED) is 0.800. The Morgan fingerprint density at radius 3 is 2.67 bits per heavy atom. The van der Waals surface area contributed by atoms with Crippen LogP contribution in [0, 0.1) is 5.82 Å². The molecule has 0 saturated heterocycles. The van der Waals surface area contributed by atoms with Crippen molar-refractivity contribution in [2.75, 3.05) is 11.9 Å². The summed E-state index contributed by atoms with van der Waals surface area (Å²) in [5.74, 6) is -0.475. The normalized spacial score (nSPS) is 10.2. The molecule has 1 aromatic carbocycles. The van der Waals surface area contributed by atoms with E-state index in [1.807, 2.05) is 0 Å². The topological polar surface area (TPSA) is 54.0 Å². The molecule has 0 saturated carbocycles. The van der Waals surface area contributed by atoms with Crippen molar-refractivity contribution in [3.63, 3.8) is 0 Å². The third-order valence-electron chi connectivity index (χ3n) is 2.94. The maximum Gasteiger partial charge on any atom is 0.269 e. The number of carbonyl (C=O) groups excluding carboxylic acids is 1. The van der Waals surface area contributed by atoms with Gasteiger partial charge in [0.25, 0.3) is 5.91 Å². The fraction of sp³-hybridized carbons (Fsp3) is 0.250. The lowest BCUT2D eigenvalue weighted by Gasteiger charge is -2.08. The van der Waals surface area contributed by atoms with Crippen LogP contribution in [0.1, 0.15) is 30.3 Å². The van der Waals surface area contributed by atoms with Gasteiger partial charge in [0.2, 0.25) is 0 Å². The van der Waals surface area contributed by atoms with Crippen LogP contribution >= 0.6 is 0 Å². The second-order valence-corrected chi connectivity index (χ2v) is 4.67. The molecule has 0 atom stereocenters. The SMILES string of the molecule is CCCCNC(=O)c1cc(Nc2ccc(F)cc2)ccn1. The van der Waals surface area contributed by atoms with E-state index in [1.165, 1.54) is 12.1 Å². The number of hydrogen-bond donors (Lipinski definition) is 2. The van der Waals surface area contributed by atoms with Crippen LogP contribution in [-0.4, -0.2) is 17.4 Å². The van der Waals surface area contributed by atoms with E-state index in [9.17, 15) is 9.18 Å². The number of halogens is 1. The Morgan fingerprint density at radius 1 is 1.19 bits per heavy atom. The van der Waals surface area contributed by atoms with Crippen LogP contribution in [0.5, 0.6) is 0 Å². The number of anilines is 2. The number of rotatable bonds is 6. The molecular formula is C16H18FN3O. The molecular weight excluding hydrogens is 269 g/mol. The van der Waals surface area contributed by atoms with E-state index in [-0.39, 0.29) is 11.7 Å². The Morgan fingerprint density at radius 2 is 1.95 bits per heavy atom. The van der Waals surface area contributed by atoms with E-state index in [0.717, 1.165) is 24.2 Å². The minimum atomic E-state index is -0.286. The highest BCUT2D eigenvalue weighted by atomic mass is 19.1. The van der Waals surface area contributed by atoms with E-state index in [0.29, 0.717) is 12.2 Å². The summed E-state index contributed by atoms with van der Waals surface area (Å²) in [5, 5.41) is 5.93. The maximum atomic E-state index is 12.9. The monoisotopic (exact) mass is 287 g/mol. The van der Waals surface area contributed by atoms with Gasteiger partial charge in [-0.1, -0.05) is 13.3 Å². The summed E-state index contributed by atoms with van der Waals surface area (Å²) in [7, 11) is 0. The van der Waals surface area contributed by atoms with Gasteiger partial charge in [0.1, 0.15) is 11.5 Å². The van der Waals surface area contributed by atoms with Gasteiger partial charge in [0.15, 0.2) is 0 Å². The minimum Gasteiger partial charge on any atom is -0.355 e. The van der Waals surface area contributed by atoms with Gasteiger partial charge in [-0.3, -0.25) is 9.78 Å². The number of aromatic nitrogens is 1. The molecule has 0 aliphatic carbocycles. The second kappa shape index (κ2) is 7.38. The predicted molar refractivity (Wildman–Crippen MR) is 81.2 cm³/mol. The highest BCUT2D eigenvalue weighted by Gasteiger charge is 2.07. The van der Waals surface area contributed by atoms with Crippen LogP contribution in [0.2, 0.25) is 0 Å². The summed E-state index contributed by atoms with van der Waals surface area (Å²) in [6.07, 6.45) is 3.54. The lowest BCUT2D eigenvalue weighted by molar-refractivity contribution is 0.0948. The summed E-state index contributed by atoms with van der Waals surface area (Å²) in [6, 6.07) is 9.45. The molecule has 0 spiro atoms. The van der Waals surface area contributed by atoms with Crippen LogP contribution < -0.4 is 10.6 Å². The highest BCUT2D eigenvalue weighted by Crippen LogP contribution is 2.17. The number of unbranched alkanes of at least 4 members (excludes halogenated alkanes) is 1. The van der Waals surface area contributed by atoms with Crippen molar-refractivity contribution in [3.8, 4) is 0 Å². The molecule has 0 fully saturated rings. The molecule has 0 aliphatic rings. The first-order valence-corrected chi connectivity index (χ1v) is 6.96. The minimum absolute atomic E-state index is 0.189. The van der Waals surface area contributed by atoms with Gasteiger partial charge in [-0.2, -0.15) is 0 Å². The van der Waals surface area contributed by atoms with Crippen LogP contribution in [0.25, 0.3) is 0 Å². The van der Waals surface area contributed by atoms with Gasteiger partial charge in [0, 0.05) is 24.1 Å². The molecule has 0 aliphatic heterocycles. The number of carbonyl (C=O) groups is 1. The summed E-state index contributed by atoms with van der Waals surface area (Å²) in [6.45, 7) is 2.71. The summed E-state index contributed by atoms with van der Waals surface area (Å²) in [4.78, 5) is 16.0. The molecule has 0 radical (unpaired) electrons. The zero-order valence-corrected chi connectivity index (χ0v) is 11.9. The van der Waals surface area contributed by atoms with E-state index in [2.05, 4.69) is 22.5 Å². The Labute approximate surface area is 123 Å². The zero-order valence-electron chi connectivity index (χ0n) is 11.9. The van der Waals surface area contributed by atoms with Crippen LogP contribution in [0.4, 0.5) is 15.8 Å². The zero-order chi connectivity index (χ0) is 15.1. The third-order valence-corrected chi connectivity index (χ3v) is 2.94. The first kappa shape index (κ1) is 15.0. The lowest BCUT2D eigenvalue weighted by Crippen LogP contribution is -2.25. The first-order chi connectivity index (χ1) is 10.2. The van der Waals surface area contributed by atoms with Gasteiger partial charge in [-0.15, -0.1) is 0 Å². The van der Waals surface area contributed by atoms with Crippen molar-refractivity contribution < 1.29 is 9.18 Å². The van der Waals surface area contributed by atoms with Gasteiger partial charge >= 0.3 is 0 Å². The molecule has 2 N–H and O–H groups in total. The van der Waals surface area contributed by atoms with Gasteiger partial charge < -0.3 is 10.6 Å². The predicted octanol–water partition coefficient (Wildman–Crippen LogP) is 3.49. The van der Waals surface area contributed by atoms with E-state index in [1.54, 1.807) is 30.5 Å². The van der Waals surface area contributed by atoms with Crippen LogP contribution in [0.15, 0.2) is 42.6 Å². The van der Waals surface area contributed by atoms with Crippen molar-refractivity contribution in [3.05, 3.63) is 54.1 Å². The largest absolute Gasteiger partial charge is 0.355 e. The Kier molecular flexibility index (Phi) is 5.26. The van der Waals surface area contributed by atoms with Crippen molar-refractivity contribution in [1.82, 2.24) is 10.3 Å². The standard InChI is InChI=1S/C16H18FN3O/c1-2-3-9-19-16(21)15-11-14(8-10-18-15)20-13-6-4-12(17)5-7-13/h4-8,10-11H,2-3,9H2,1H3,(H,18,20)(H,19,21). The van der Waals surface area contributed by atoms with Crippen molar-refractivity contribution >= 4 is 17.3 Å². The number of benzene rings is 1. The highest BCUT2D eigenvalue weighted by molar-refractivity contribution is 5.93. The summed E-state index contributed by atoms with van der Waals surface area (Å²) < 4.78 is 12.9. The Hall–Kier alpha value is -2.43. The van der Waals surface area contributed by atoms with Crippen molar-refractivity contribution in [1.29, 1.82) is 0 Å². The molecule has 5 heteroatoms. The molecule has 1 aromatic heterocycles. The number of nitrogens with zero attached hydrogens (tertiary/aromatic N) is 1. The summed E-state index contributed by atoms with van der Waals surface area (Å²) >= 11 is 0. The molecule has 4 nitrogen and oxygen atoms in total. The van der Waals surface area contributed by atoms with Crippen molar-refractivity contribution in [2.24, 2.45) is 0 Å². The fourth-order valence-electron chi connectivity index (χ4n) is 1.80. The van der Waals surface area contributed by atoms with E-state index < -0.39 is 0 Å². The molecule has 0 unspecified atom stereocenters. The van der Waals surface area contributed by atoms with Crippen LogP contribution in [0.3, 0.4) is 0 Å². The third kappa shape index (κ3) is 4.56. The Balaban J connectivity index is 2.03. The molecule has 1 amide bonds. The second-order valence-electron chi connectivity index (χ2n) is 4.67. The van der Waals surface area contributed by atoms with Crippen molar-refractivity contribution in [2.45, 2.75) is 19.8 Å². The molecule has 21 heavy (non-hydrogen) atoms. The van der Waals surface area contributed by atoms with E-state index in [4.69, 9.17) is 0 Å². The van der Waals surface area contributed by atoms with Crippen LogP contribution in [-0.2, 0) is 0 Å². The molecule has 2 rings (SSSR count). The average Bonchev–Trinajstić information content (AvgIpc) is 2.50. The number of pyridine rings is 1. The number of nitrogens with one attached hydrogen (secondary N) is 2. The summed E-state index contributed by atoms with van der Waals surface area (Å²) in [5.41, 5.74) is 1.84. The number of amides is 1.